The van der Waals surface area contributed by atoms with E-state index in [1.165, 1.54) is 0 Å². The Balaban J connectivity index is 1.83. The van der Waals surface area contributed by atoms with Crippen LogP contribution in [0.4, 0.5) is 17.2 Å². The Labute approximate surface area is 151 Å². The number of aromatic amines is 1. The number of nitrogen functional groups attached to an aromatic ring is 1. The number of amides is 2. The van der Waals surface area contributed by atoms with Crippen molar-refractivity contribution in [2.24, 2.45) is 0 Å². The molecule has 1 heterocycles. The number of para-hydroxylation sites is 2. The van der Waals surface area contributed by atoms with Crippen molar-refractivity contribution in [2.75, 3.05) is 36.6 Å². The lowest BCUT2D eigenvalue weighted by Gasteiger charge is -2.17. The SMILES string of the molecule is CN(C)c1ccccc1NC(=O)C(=O)NCCCc1[nH]nc(N)c1C#N. The summed E-state index contributed by atoms with van der Waals surface area (Å²) in [5, 5.41) is 20.6. The number of H-pyrrole nitrogens is 1. The molecule has 0 radical (unpaired) electrons. The molecule has 5 N–H and O–H groups in total. The van der Waals surface area contributed by atoms with Crippen LogP contribution in [0, 0.1) is 11.3 Å². The monoisotopic (exact) mass is 355 g/mol. The van der Waals surface area contributed by atoms with E-state index in [4.69, 9.17) is 11.0 Å². The molecule has 0 fully saturated rings. The zero-order valence-electron chi connectivity index (χ0n) is 14.7. The molecule has 2 amide bonds. The number of aromatic nitrogens is 2. The Kier molecular flexibility index (Phi) is 6.16. The minimum Gasteiger partial charge on any atom is -0.381 e. The van der Waals surface area contributed by atoms with Crippen LogP contribution in [0.5, 0.6) is 0 Å². The van der Waals surface area contributed by atoms with Gasteiger partial charge in [-0.2, -0.15) is 10.4 Å². The molecule has 1 aromatic heterocycles. The van der Waals surface area contributed by atoms with Crippen molar-refractivity contribution in [1.82, 2.24) is 15.5 Å². The van der Waals surface area contributed by atoms with Gasteiger partial charge in [-0.15, -0.1) is 0 Å². The molecule has 0 unspecified atom stereocenters. The highest BCUT2D eigenvalue weighted by molar-refractivity contribution is 6.39. The highest BCUT2D eigenvalue weighted by Gasteiger charge is 2.16. The third kappa shape index (κ3) is 4.51. The number of aryl methyl sites for hydroxylation is 1. The fourth-order valence-electron chi connectivity index (χ4n) is 2.40. The highest BCUT2D eigenvalue weighted by Crippen LogP contribution is 2.23. The normalized spacial score (nSPS) is 10.0. The number of nitrogens with one attached hydrogen (secondary N) is 3. The lowest BCUT2D eigenvalue weighted by atomic mass is 10.1. The fourth-order valence-corrected chi connectivity index (χ4v) is 2.40. The van der Waals surface area contributed by atoms with Gasteiger partial charge in [0.1, 0.15) is 11.6 Å². The number of anilines is 3. The van der Waals surface area contributed by atoms with Crippen molar-refractivity contribution in [3.8, 4) is 6.07 Å². The lowest BCUT2D eigenvalue weighted by Crippen LogP contribution is -2.36. The van der Waals surface area contributed by atoms with Crippen molar-refractivity contribution in [3.63, 3.8) is 0 Å². The van der Waals surface area contributed by atoms with Gasteiger partial charge in [-0.05, 0) is 25.0 Å². The van der Waals surface area contributed by atoms with E-state index >= 15 is 0 Å². The largest absolute Gasteiger partial charge is 0.381 e. The smallest absolute Gasteiger partial charge is 0.313 e. The van der Waals surface area contributed by atoms with E-state index < -0.39 is 11.8 Å². The Morgan fingerprint density at radius 3 is 2.73 bits per heavy atom. The summed E-state index contributed by atoms with van der Waals surface area (Å²) < 4.78 is 0. The predicted octanol–water partition coefficient (Wildman–Crippen LogP) is 0.617. The molecular formula is C17H21N7O2. The van der Waals surface area contributed by atoms with Crippen LogP contribution in [0.1, 0.15) is 17.7 Å². The number of nitrogens with zero attached hydrogens (tertiary/aromatic N) is 3. The van der Waals surface area contributed by atoms with Gasteiger partial charge in [0.15, 0.2) is 5.82 Å². The van der Waals surface area contributed by atoms with E-state index in [-0.39, 0.29) is 12.4 Å². The summed E-state index contributed by atoms with van der Waals surface area (Å²) in [6.07, 6.45) is 1.02. The standard InChI is InChI=1S/C17H21N7O2/c1-24(2)14-8-4-3-6-13(14)21-17(26)16(25)20-9-5-7-12-11(10-18)15(19)23-22-12/h3-4,6,8H,5,7,9H2,1-2H3,(H,20,25)(H,21,26)(H3,19,22,23). The van der Waals surface area contributed by atoms with Crippen molar-refractivity contribution in [3.05, 3.63) is 35.5 Å². The number of hydrogen-bond acceptors (Lipinski definition) is 6. The predicted molar refractivity (Wildman–Crippen MR) is 98.4 cm³/mol. The molecule has 26 heavy (non-hydrogen) atoms. The Hall–Kier alpha value is -3.54. The van der Waals surface area contributed by atoms with Gasteiger partial charge >= 0.3 is 11.8 Å². The summed E-state index contributed by atoms with van der Waals surface area (Å²) in [5.74, 6) is -1.29. The first-order valence-electron chi connectivity index (χ1n) is 8.02. The summed E-state index contributed by atoms with van der Waals surface area (Å²) >= 11 is 0. The molecule has 2 rings (SSSR count). The van der Waals surface area contributed by atoms with Crippen LogP contribution in [0.15, 0.2) is 24.3 Å². The first-order chi connectivity index (χ1) is 12.4. The van der Waals surface area contributed by atoms with Gasteiger partial charge < -0.3 is 21.3 Å². The van der Waals surface area contributed by atoms with Crippen molar-refractivity contribution < 1.29 is 9.59 Å². The maximum Gasteiger partial charge on any atom is 0.313 e. The average molecular weight is 355 g/mol. The average Bonchev–Trinajstić information content (AvgIpc) is 2.98. The van der Waals surface area contributed by atoms with E-state index in [9.17, 15) is 9.59 Å². The molecule has 136 valence electrons. The highest BCUT2D eigenvalue weighted by atomic mass is 16.2. The van der Waals surface area contributed by atoms with E-state index in [0.29, 0.717) is 29.8 Å². The molecule has 1 aromatic carbocycles. The topological polar surface area (TPSA) is 140 Å². The molecule has 0 saturated carbocycles. The van der Waals surface area contributed by atoms with Gasteiger partial charge in [-0.25, -0.2) is 0 Å². The Bertz CT molecular complexity index is 836. The first kappa shape index (κ1) is 18.8. The minimum atomic E-state index is -0.734. The molecule has 0 atom stereocenters. The number of rotatable bonds is 6. The second-order valence-corrected chi connectivity index (χ2v) is 5.80. The van der Waals surface area contributed by atoms with Gasteiger partial charge in [0.2, 0.25) is 0 Å². The molecule has 0 aliphatic rings. The van der Waals surface area contributed by atoms with Crippen molar-refractivity contribution in [2.45, 2.75) is 12.8 Å². The van der Waals surface area contributed by atoms with E-state index in [1.54, 1.807) is 12.1 Å². The molecular weight excluding hydrogens is 334 g/mol. The molecule has 9 nitrogen and oxygen atoms in total. The number of nitrogens with two attached hydrogens (primary N) is 1. The van der Waals surface area contributed by atoms with Crippen LogP contribution in [-0.4, -0.2) is 42.7 Å². The lowest BCUT2D eigenvalue weighted by molar-refractivity contribution is -0.136. The summed E-state index contributed by atoms with van der Waals surface area (Å²) in [7, 11) is 3.70. The summed E-state index contributed by atoms with van der Waals surface area (Å²) in [4.78, 5) is 25.8. The Morgan fingerprint density at radius 1 is 1.31 bits per heavy atom. The molecule has 0 aliphatic carbocycles. The van der Waals surface area contributed by atoms with Crippen LogP contribution in [-0.2, 0) is 16.0 Å². The maximum atomic E-state index is 12.0. The van der Waals surface area contributed by atoms with Gasteiger partial charge in [0.25, 0.3) is 0 Å². The van der Waals surface area contributed by atoms with Crippen LogP contribution >= 0.6 is 0 Å². The zero-order chi connectivity index (χ0) is 19.1. The molecule has 0 spiro atoms. The zero-order valence-corrected chi connectivity index (χ0v) is 14.7. The second-order valence-electron chi connectivity index (χ2n) is 5.80. The number of benzene rings is 1. The maximum absolute atomic E-state index is 12.0. The molecule has 9 heteroatoms. The van der Waals surface area contributed by atoms with Crippen LogP contribution in [0.3, 0.4) is 0 Å². The van der Waals surface area contributed by atoms with Crippen LogP contribution < -0.4 is 21.3 Å². The molecule has 0 bridgehead atoms. The number of carbonyl (C=O) groups excluding carboxylic acids is 2. The third-order valence-electron chi connectivity index (χ3n) is 3.71. The van der Waals surface area contributed by atoms with Crippen LogP contribution in [0.25, 0.3) is 0 Å². The number of hydrogen-bond donors (Lipinski definition) is 4. The van der Waals surface area contributed by atoms with Gasteiger partial charge in [-0.3, -0.25) is 14.7 Å². The third-order valence-corrected chi connectivity index (χ3v) is 3.71. The summed E-state index contributed by atoms with van der Waals surface area (Å²) in [6, 6.07) is 9.18. The molecule has 0 saturated heterocycles. The number of nitriles is 1. The van der Waals surface area contributed by atoms with Gasteiger partial charge in [0.05, 0.1) is 17.1 Å². The van der Waals surface area contributed by atoms with Crippen LogP contribution in [0.2, 0.25) is 0 Å². The second kappa shape index (κ2) is 8.53. The van der Waals surface area contributed by atoms with Gasteiger partial charge in [-0.1, -0.05) is 12.1 Å². The number of carbonyl (C=O) groups is 2. The molecule has 0 aliphatic heterocycles. The summed E-state index contributed by atoms with van der Waals surface area (Å²) in [5.41, 5.74) is 7.85. The van der Waals surface area contributed by atoms with Crippen molar-refractivity contribution >= 4 is 29.0 Å². The van der Waals surface area contributed by atoms with Crippen molar-refractivity contribution in [1.29, 1.82) is 5.26 Å². The summed E-state index contributed by atoms with van der Waals surface area (Å²) in [6.45, 7) is 0.283. The molecule has 2 aromatic rings. The van der Waals surface area contributed by atoms with Gasteiger partial charge in [0, 0.05) is 20.6 Å². The van der Waals surface area contributed by atoms with E-state index in [1.807, 2.05) is 37.2 Å². The minimum absolute atomic E-state index is 0.158. The van der Waals surface area contributed by atoms with E-state index in [0.717, 1.165) is 5.69 Å². The Morgan fingerprint density at radius 2 is 2.04 bits per heavy atom. The quantitative estimate of drug-likeness (QED) is 0.442. The first-order valence-corrected chi connectivity index (χ1v) is 8.02. The fraction of sp³-hybridized carbons (Fsp3) is 0.294. The van der Waals surface area contributed by atoms with E-state index in [2.05, 4.69) is 20.8 Å².